The first-order chi connectivity index (χ1) is 12.1. The molecule has 0 aromatic heterocycles. The van der Waals surface area contributed by atoms with Crippen LogP contribution in [0, 0.1) is 0 Å². The molecular weight excluding hydrogens is 387 g/mol. The van der Waals surface area contributed by atoms with E-state index < -0.39 is 35.9 Å². The summed E-state index contributed by atoms with van der Waals surface area (Å²) >= 11 is 0. The van der Waals surface area contributed by atoms with Gasteiger partial charge in [-0.2, -0.15) is 8.42 Å². The highest BCUT2D eigenvalue weighted by Gasteiger charge is 2.40. The highest BCUT2D eigenvalue weighted by molar-refractivity contribution is 7.90. The Morgan fingerprint density at radius 2 is 2.04 bits per heavy atom. The maximum atomic E-state index is 12.4. The molecule has 1 fully saturated rings. The predicted molar refractivity (Wildman–Crippen MR) is 91.0 cm³/mol. The second kappa shape index (κ2) is 8.14. The van der Waals surface area contributed by atoms with E-state index in [9.17, 15) is 22.6 Å². The summed E-state index contributed by atoms with van der Waals surface area (Å²) in [5.41, 5.74) is 6.11. The molecule has 1 aromatic carbocycles. The first-order valence-electron chi connectivity index (χ1n) is 7.53. The van der Waals surface area contributed by atoms with E-state index in [0.29, 0.717) is 11.1 Å². The van der Waals surface area contributed by atoms with Crippen LogP contribution < -0.4 is 15.3 Å². The lowest BCUT2D eigenvalue weighted by Gasteiger charge is -2.35. The quantitative estimate of drug-likeness (QED) is 0.388. The van der Waals surface area contributed by atoms with Crippen molar-refractivity contribution in [3.05, 3.63) is 35.9 Å². The van der Waals surface area contributed by atoms with Gasteiger partial charge in [-0.1, -0.05) is 30.3 Å². The van der Waals surface area contributed by atoms with Crippen LogP contribution in [0.2, 0.25) is 0 Å². The highest BCUT2D eigenvalue weighted by atomic mass is 32.2. The topological polar surface area (TPSA) is 168 Å². The second-order valence-corrected chi connectivity index (χ2v) is 8.96. The molecule has 0 bridgehead atoms. The molecule has 1 aliphatic heterocycles. The number of hydrogen-bond acceptors (Lipinski definition) is 6. The summed E-state index contributed by atoms with van der Waals surface area (Å²) in [5, 5.41) is 2.34. The summed E-state index contributed by atoms with van der Waals surface area (Å²) in [6, 6.07) is 7.80. The number of benzene rings is 1. The SMILES string of the molecule is NP(=O)(NS(=O)(=O)O)N1CCC[C@H](NC(=O)OCc2ccccc2)C1=O. The molecular formula is C13H19N4O7PS. The van der Waals surface area contributed by atoms with E-state index >= 15 is 0 Å². The summed E-state index contributed by atoms with van der Waals surface area (Å²) in [6.45, 7) is -0.0939. The lowest BCUT2D eigenvalue weighted by molar-refractivity contribution is -0.130. The summed E-state index contributed by atoms with van der Waals surface area (Å²) in [4.78, 5) is 24.2. The van der Waals surface area contributed by atoms with Crippen LogP contribution in [-0.4, -0.2) is 42.2 Å². The molecule has 2 atom stereocenters. The Morgan fingerprint density at radius 1 is 1.38 bits per heavy atom. The average molecular weight is 406 g/mol. The third-order valence-electron chi connectivity index (χ3n) is 3.52. The summed E-state index contributed by atoms with van der Waals surface area (Å²) in [6.07, 6.45) is -0.311. The number of amides is 2. The third kappa shape index (κ3) is 5.78. The number of carbonyl (C=O) groups excluding carboxylic acids is 2. The molecule has 11 nitrogen and oxygen atoms in total. The number of rotatable bonds is 6. The largest absolute Gasteiger partial charge is 0.445 e. The van der Waals surface area contributed by atoms with Gasteiger partial charge in [0.1, 0.15) is 12.6 Å². The van der Waals surface area contributed by atoms with E-state index in [1.165, 1.54) is 4.49 Å². The maximum absolute atomic E-state index is 12.4. The van der Waals surface area contributed by atoms with Gasteiger partial charge in [-0.25, -0.2) is 4.79 Å². The summed E-state index contributed by atoms with van der Waals surface area (Å²) < 4.78 is 49.6. The Balaban J connectivity index is 1.96. The molecule has 2 amide bonds. The summed E-state index contributed by atoms with van der Waals surface area (Å²) in [7, 11) is -9.26. The lowest BCUT2D eigenvalue weighted by atomic mass is 10.1. The molecule has 1 aromatic rings. The minimum Gasteiger partial charge on any atom is -0.445 e. The molecule has 13 heteroatoms. The first kappa shape index (κ1) is 20.3. The van der Waals surface area contributed by atoms with Crippen molar-refractivity contribution in [3.63, 3.8) is 0 Å². The fourth-order valence-corrected chi connectivity index (χ4v) is 5.00. The van der Waals surface area contributed by atoms with Crippen molar-refractivity contribution in [3.8, 4) is 0 Å². The van der Waals surface area contributed by atoms with Crippen molar-refractivity contribution in [2.45, 2.75) is 25.5 Å². The van der Waals surface area contributed by atoms with Crippen molar-refractivity contribution in [2.24, 2.45) is 5.50 Å². The number of carbonyl (C=O) groups is 2. The fraction of sp³-hybridized carbons (Fsp3) is 0.385. The van der Waals surface area contributed by atoms with Gasteiger partial charge in [0, 0.05) is 6.54 Å². The van der Waals surface area contributed by atoms with Gasteiger partial charge in [-0.3, -0.25) is 24.1 Å². The van der Waals surface area contributed by atoms with Crippen LogP contribution in [0.1, 0.15) is 18.4 Å². The molecule has 0 spiro atoms. The molecule has 1 saturated heterocycles. The van der Waals surface area contributed by atoms with Crippen LogP contribution in [0.4, 0.5) is 4.79 Å². The van der Waals surface area contributed by atoms with Crippen molar-refractivity contribution in [2.75, 3.05) is 6.54 Å². The number of ether oxygens (including phenoxy) is 1. The van der Waals surface area contributed by atoms with Crippen LogP contribution in [0.5, 0.6) is 0 Å². The Hall–Kier alpha value is -1.98. The Kier molecular flexibility index (Phi) is 6.37. The third-order valence-corrected chi connectivity index (χ3v) is 6.61. The van der Waals surface area contributed by atoms with Gasteiger partial charge < -0.3 is 10.1 Å². The number of hydrogen-bond donors (Lipinski definition) is 4. The monoisotopic (exact) mass is 406 g/mol. The van der Waals surface area contributed by atoms with Crippen molar-refractivity contribution >= 4 is 29.9 Å². The summed E-state index contributed by atoms with van der Waals surface area (Å²) in [5.74, 6) is -0.838. The standard InChI is InChI=1S/C13H19N4O7PS/c14-25(20,16-26(21,22)23)17-8-4-7-11(12(17)18)15-13(19)24-9-10-5-2-1-3-6-10/h1-3,5-6,11H,4,7-9H2,(H,15,19)(H3,14,16,20)(H,21,22,23)/t11-,25?/m0/s1. The van der Waals surface area contributed by atoms with Gasteiger partial charge in [-0.15, -0.1) is 4.49 Å². The van der Waals surface area contributed by atoms with Crippen LogP contribution in [-0.2, 0) is 31.0 Å². The Labute approximate surface area is 150 Å². The maximum Gasteiger partial charge on any atom is 0.408 e. The molecule has 26 heavy (non-hydrogen) atoms. The zero-order valence-corrected chi connectivity index (χ0v) is 15.3. The molecule has 0 radical (unpaired) electrons. The van der Waals surface area contributed by atoms with E-state index in [1.54, 1.807) is 24.3 Å². The van der Waals surface area contributed by atoms with Crippen LogP contribution >= 0.6 is 7.59 Å². The molecule has 1 heterocycles. The van der Waals surface area contributed by atoms with Crippen LogP contribution in [0.15, 0.2) is 30.3 Å². The van der Waals surface area contributed by atoms with E-state index in [2.05, 4.69) is 5.32 Å². The number of alkyl carbamates (subject to hydrolysis) is 1. The average Bonchev–Trinajstić information content (AvgIpc) is 2.53. The minimum atomic E-state index is -4.88. The van der Waals surface area contributed by atoms with Gasteiger partial charge in [0.2, 0.25) is 0 Å². The van der Waals surface area contributed by atoms with Gasteiger partial charge in [0.15, 0.2) is 0 Å². The number of nitrogens with two attached hydrogens (primary N) is 1. The molecule has 0 saturated carbocycles. The molecule has 5 N–H and O–H groups in total. The normalized spacial score (nSPS) is 20.3. The van der Waals surface area contributed by atoms with Gasteiger partial charge in [-0.05, 0) is 18.4 Å². The van der Waals surface area contributed by atoms with Crippen LogP contribution in [0.25, 0.3) is 0 Å². The zero-order valence-electron chi connectivity index (χ0n) is 13.6. The predicted octanol–water partition coefficient (Wildman–Crippen LogP) is 0.363. The first-order valence-corrected chi connectivity index (χ1v) is 10.7. The van der Waals surface area contributed by atoms with Crippen molar-refractivity contribution < 1.29 is 31.9 Å². The zero-order chi connectivity index (χ0) is 19.4. The highest BCUT2D eigenvalue weighted by Crippen LogP contribution is 2.40. The van der Waals surface area contributed by atoms with Crippen molar-refractivity contribution in [1.82, 2.24) is 14.5 Å². The van der Waals surface area contributed by atoms with Gasteiger partial charge in [0.25, 0.3) is 5.91 Å². The minimum absolute atomic E-state index is 0.00298. The number of nitrogens with zero attached hydrogens (tertiary/aromatic N) is 1. The number of nitrogens with one attached hydrogen (secondary N) is 2. The van der Waals surface area contributed by atoms with Crippen molar-refractivity contribution in [1.29, 1.82) is 0 Å². The van der Waals surface area contributed by atoms with E-state index in [1.807, 2.05) is 6.07 Å². The van der Waals surface area contributed by atoms with Gasteiger partial charge >= 0.3 is 24.0 Å². The van der Waals surface area contributed by atoms with E-state index in [-0.39, 0.29) is 19.6 Å². The molecule has 144 valence electrons. The number of piperidine rings is 1. The fourth-order valence-electron chi connectivity index (χ4n) is 2.41. The molecule has 1 aliphatic rings. The lowest BCUT2D eigenvalue weighted by Crippen LogP contribution is -2.53. The van der Waals surface area contributed by atoms with E-state index in [4.69, 9.17) is 14.8 Å². The van der Waals surface area contributed by atoms with E-state index in [0.717, 1.165) is 5.56 Å². The molecule has 1 unspecified atom stereocenters. The molecule has 0 aliphatic carbocycles. The Bertz CT molecular complexity index is 817. The van der Waals surface area contributed by atoms with Crippen LogP contribution in [0.3, 0.4) is 0 Å². The molecule has 2 rings (SSSR count). The van der Waals surface area contributed by atoms with Gasteiger partial charge in [0.05, 0.1) is 0 Å². The Morgan fingerprint density at radius 3 is 2.65 bits per heavy atom. The second-order valence-electron chi connectivity index (χ2n) is 5.55. The smallest absolute Gasteiger partial charge is 0.408 e.